The van der Waals surface area contributed by atoms with Crippen molar-refractivity contribution in [3.63, 3.8) is 0 Å². The predicted octanol–water partition coefficient (Wildman–Crippen LogP) is 3.86. The minimum Gasteiger partial charge on any atom is -0.369 e. The van der Waals surface area contributed by atoms with Gasteiger partial charge in [-0.05, 0) is 92.7 Å². The van der Waals surface area contributed by atoms with Crippen LogP contribution in [0.4, 0.5) is 5.69 Å². The first-order valence-electron chi connectivity index (χ1n) is 11.6. The third-order valence-corrected chi connectivity index (χ3v) is 9.91. The van der Waals surface area contributed by atoms with Gasteiger partial charge in [0, 0.05) is 27.7 Å². The normalized spacial score (nSPS) is 29.6. The first-order valence-corrected chi connectivity index (χ1v) is 13.4. The van der Waals surface area contributed by atoms with E-state index >= 15 is 0 Å². The summed E-state index contributed by atoms with van der Waals surface area (Å²) in [6.45, 7) is 1.65. The molecule has 0 saturated heterocycles. The van der Waals surface area contributed by atoms with Crippen LogP contribution in [0.3, 0.4) is 0 Å². The maximum atomic E-state index is 13.1. The van der Waals surface area contributed by atoms with Crippen LogP contribution >= 0.6 is 11.6 Å². The molecule has 7 nitrogen and oxygen atoms in total. The molecule has 180 valence electrons. The largest absolute Gasteiger partial charge is 0.369 e. The number of halogens is 1. The Morgan fingerprint density at radius 1 is 1.06 bits per heavy atom. The molecule has 2 atom stereocenters. The van der Waals surface area contributed by atoms with E-state index in [-0.39, 0.29) is 34.6 Å². The number of amides is 2. The number of carbonyl (C=O) groups is 2. The summed E-state index contributed by atoms with van der Waals surface area (Å²) in [6, 6.07) is 11.2. The molecule has 0 radical (unpaired) electrons. The molecule has 4 aliphatic carbocycles. The minimum atomic E-state index is -3.87. The van der Waals surface area contributed by atoms with Crippen LogP contribution in [-0.2, 0) is 14.8 Å². The van der Waals surface area contributed by atoms with Crippen molar-refractivity contribution >= 4 is 39.1 Å². The van der Waals surface area contributed by atoms with Gasteiger partial charge in [-0.3, -0.25) is 14.3 Å². The van der Waals surface area contributed by atoms with E-state index in [1.807, 2.05) is 0 Å². The Kier molecular flexibility index (Phi) is 5.64. The van der Waals surface area contributed by atoms with Crippen molar-refractivity contribution in [3.05, 3.63) is 58.6 Å². The van der Waals surface area contributed by atoms with Crippen LogP contribution in [-0.4, -0.2) is 26.3 Å². The molecule has 4 fully saturated rings. The fraction of sp³-hybridized carbons (Fsp3) is 0.440. The van der Waals surface area contributed by atoms with Crippen molar-refractivity contribution in [1.29, 1.82) is 0 Å². The molecule has 0 heterocycles. The lowest BCUT2D eigenvalue weighted by atomic mass is 9.47. The summed E-state index contributed by atoms with van der Waals surface area (Å²) in [5.41, 5.74) is 6.49. The number of primary amides is 1. The molecule has 9 heteroatoms. The molecular weight excluding hydrogens is 474 g/mol. The second kappa shape index (κ2) is 8.27. The lowest BCUT2D eigenvalue weighted by Gasteiger charge is -2.58. The van der Waals surface area contributed by atoms with Crippen molar-refractivity contribution in [2.24, 2.45) is 28.9 Å². The predicted molar refractivity (Wildman–Crippen MR) is 130 cm³/mol. The van der Waals surface area contributed by atoms with Crippen molar-refractivity contribution < 1.29 is 18.0 Å². The highest BCUT2D eigenvalue weighted by atomic mass is 35.5. The number of nitrogens with one attached hydrogen (secondary N) is 2. The summed E-state index contributed by atoms with van der Waals surface area (Å²) in [5.74, 6) is 0.549. The van der Waals surface area contributed by atoms with Crippen LogP contribution < -0.4 is 15.8 Å². The standard InChI is InChI=1S/C25H28ClN3O4S/c1-14-20(26)6-3-7-21(14)34(32,33)29-19-5-2-4-16(10-19)23(30)28-22-17-8-15-9-18(22)13-25(11-15,12-17)24(27)31/h2-7,10,15,17-18,22,29H,8-9,11-13H2,1H3,(H2,27,31)(H,28,30). The van der Waals surface area contributed by atoms with Crippen LogP contribution in [0.5, 0.6) is 0 Å². The fourth-order valence-electron chi connectivity index (χ4n) is 6.61. The Balaban J connectivity index is 1.32. The maximum Gasteiger partial charge on any atom is 0.262 e. The smallest absolute Gasteiger partial charge is 0.262 e. The van der Waals surface area contributed by atoms with Gasteiger partial charge in [0.2, 0.25) is 5.91 Å². The molecular formula is C25H28ClN3O4S. The van der Waals surface area contributed by atoms with Gasteiger partial charge in [0.25, 0.3) is 15.9 Å². The average molecular weight is 502 g/mol. The number of benzene rings is 2. The van der Waals surface area contributed by atoms with Gasteiger partial charge in [-0.25, -0.2) is 8.42 Å². The second-order valence-corrected chi connectivity index (χ2v) is 12.2. The SMILES string of the molecule is Cc1c(Cl)cccc1S(=O)(=O)Nc1cccc(C(=O)NC2C3CC4CC2CC(C(N)=O)(C4)C3)c1. The number of rotatable bonds is 6. The number of sulfonamides is 1. The number of nitrogens with two attached hydrogens (primary N) is 1. The van der Waals surface area contributed by atoms with Gasteiger partial charge < -0.3 is 11.1 Å². The van der Waals surface area contributed by atoms with Crippen LogP contribution in [0, 0.1) is 30.1 Å². The van der Waals surface area contributed by atoms with Gasteiger partial charge in [0.1, 0.15) is 0 Å². The Morgan fingerprint density at radius 3 is 2.41 bits per heavy atom. The molecule has 2 amide bonds. The summed E-state index contributed by atoms with van der Waals surface area (Å²) in [5, 5.41) is 3.55. The fourth-order valence-corrected chi connectivity index (χ4v) is 8.16. The average Bonchev–Trinajstić information content (AvgIpc) is 2.77. The van der Waals surface area contributed by atoms with E-state index in [1.54, 1.807) is 37.3 Å². The van der Waals surface area contributed by atoms with E-state index in [1.165, 1.54) is 12.1 Å². The number of hydrogen-bond donors (Lipinski definition) is 3. The van der Waals surface area contributed by atoms with Crippen LogP contribution in [0.1, 0.15) is 48.0 Å². The highest BCUT2D eigenvalue weighted by Gasteiger charge is 2.58. The Labute approximate surface area is 204 Å². The number of hydrogen-bond acceptors (Lipinski definition) is 4. The van der Waals surface area contributed by atoms with Crippen LogP contribution in [0.15, 0.2) is 47.4 Å². The highest BCUT2D eigenvalue weighted by Crippen LogP contribution is 2.59. The molecule has 34 heavy (non-hydrogen) atoms. The molecule has 4 saturated carbocycles. The minimum absolute atomic E-state index is 0.00554. The molecule has 6 rings (SSSR count). The summed E-state index contributed by atoms with van der Waals surface area (Å²) in [7, 11) is -3.87. The summed E-state index contributed by atoms with van der Waals surface area (Å²) >= 11 is 6.09. The number of anilines is 1. The van der Waals surface area contributed by atoms with Gasteiger partial charge >= 0.3 is 0 Å². The Hall–Kier alpha value is -2.58. The third-order valence-electron chi connectivity index (χ3n) is 7.98. The monoisotopic (exact) mass is 501 g/mol. The molecule has 2 aromatic rings. The van der Waals surface area contributed by atoms with Gasteiger partial charge in [-0.1, -0.05) is 23.7 Å². The van der Waals surface area contributed by atoms with E-state index in [0.717, 1.165) is 32.1 Å². The van der Waals surface area contributed by atoms with Gasteiger partial charge in [-0.2, -0.15) is 0 Å². The van der Waals surface area contributed by atoms with Gasteiger partial charge in [-0.15, -0.1) is 0 Å². The van der Waals surface area contributed by atoms with Crippen molar-refractivity contribution in [1.82, 2.24) is 5.32 Å². The van der Waals surface area contributed by atoms with E-state index in [9.17, 15) is 18.0 Å². The molecule has 0 aliphatic heterocycles. The van der Waals surface area contributed by atoms with Crippen molar-refractivity contribution in [2.75, 3.05) is 4.72 Å². The van der Waals surface area contributed by atoms with Crippen molar-refractivity contribution in [3.8, 4) is 0 Å². The van der Waals surface area contributed by atoms with Crippen LogP contribution in [0.25, 0.3) is 0 Å². The number of carbonyl (C=O) groups excluding carboxylic acids is 2. The lowest BCUT2D eigenvalue weighted by Crippen LogP contribution is -2.62. The molecule has 4 aliphatic rings. The second-order valence-electron chi connectivity index (χ2n) is 10.2. The lowest BCUT2D eigenvalue weighted by molar-refractivity contribution is -0.145. The summed E-state index contributed by atoms with van der Waals surface area (Å²) in [4.78, 5) is 25.4. The first kappa shape index (κ1) is 23.2. The summed E-state index contributed by atoms with van der Waals surface area (Å²) in [6.07, 6.45) is 4.37. The van der Waals surface area contributed by atoms with Crippen LogP contribution in [0.2, 0.25) is 5.02 Å². The first-order chi connectivity index (χ1) is 16.1. The molecule has 0 spiro atoms. The highest BCUT2D eigenvalue weighted by molar-refractivity contribution is 7.92. The zero-order valence-electron chi connectivity index (χ0n) is 18.9. The topological polar surface area (TPSA) is 118 Å². The zero-order valence-corrected chi connectivity index (χ0v) is 20.5. The molecule has 4 N–H and O–H groups in total. The Morgan fingerprint density at radius 2 is 1.74 bits per heavy atom. The zero-order chi connectivity index (χ0) is 24.3. The van der Waals surface area contributed by atoms with Gasteiger partial charge in [0.05, 0.1) is 4.90 Å². The molecule has 0 aromatic heterocycles. The molecule has 2 aromatic carbocycles. The van der Waals surface area contributed by atoms with E-state index in [0.29, 0.717) is 27.8 Å². The quantitative estimate of drug-likeness (QED) is 0.556. The van der Waals surface area contributed by atoms with E-state index < -0.39 is 15.4 Å². The summed E-state index contributed by atoms with van der Waals surface area (Å²) < 4.78 is 28.4. The van der Waals surface area contributed by atoms with Crippen molar-refractivity contribution in [2.45, 2.75) is 50.0 Å². The van der Waals surface area contributed by atoms with Gasteiger partial charge in [0.15, 0.2) is 0 Å². The van der Waals surface area contributed by atoms with E-state index in [4.69, 9.17) is 17.3 Å². The third kappa shape index (κ3) is 3.96. The molecule has 4 bridgehead atoms. The molecule has 2 unspecified atom stereocenters. The van der Waals surface area contributed by atoms with E-state index in [2.05, 4.69) is 10.0 Å². The maximum absolute atomic E-state index is 13.1. The Bertz CT molecular complexity index is 1260.